The molecule has 0 bridgehead atoms. The number of amides is 2. The molecule has 0 saturated heterocycles. The molecular weight excluding hydrogens is 258 g/mol. The molecule has 0 radical (unpaired) electrons. The summed E-state index contributed by atoms with van der Waals surface area (Å²) < 4.78 is 0. The topological polar surface area (TPSA) is 101 Å². The molecule has 0 aliphatic heterocycles. The van der Waals surface area contributed by atoms with Gasteiger partial charge in [0.05, 0.1) is 12.1 Å². The summed E-state index contributed by atoms with van der Waals surface area (Å²) in [7, 11) is 0. The summed E-state index contributed by atoms with van der Waals surface area (Å²) in [5, 5.41) is 5.16. The van der Waals surface area contributed by atoms with Gasteiger partial charge in [0.1, 0.15) is 12.3 Å². The molecule has 4 N–H and O–H groups in total. The van der Waals surface area contributed by atoms with E-state index >= 15 is 0 Å². The SMILES string of the molecule is CC(C)C[C@@H](C=O)NC(=O)[C@H](C)NC(=O)[C@@H](N)C(C)C. The van der Waals surface area contributed by atoms with Gasteiger partial charge in [0.25, 0.3) is 0 Å². The molecule has 0 unspecified atom stereocenters. The van der Waals surface area contributed by atoms with Crippen molar-refractivity contribution in [2.45, 2.75) is 59.2 Å². The summed E-state index contributed by atoms with van der Waals surface area (Å²) in [6.45, 7) is 9.17. The molecule has 0 aliphatic rings. The van der Waals surface area contributed by atoms with Gasteiger partial charge >= 0.3 is 0 Å². The van der Waals surface area contributed by atoms with Crippen LogP contribution in [-0.4, -0.2) is 36.2 Å². The average Bonchev–Trinajstić information content (AvgIpc) is 2.35. The summed E-state index contributed by atoms with van der Waals surface area (Å²) in [5.41, 5.74) is 5.70. The summed E-state index contributed by atoms with van der Waals surface area (Å²) >= 11 is 0. The van der Waals surface area contributed by atoms with Gasteiger partial charge in [0.15, 0.2) is 0 Å². The maximum absolute atomic E-state index is 11.9. The summed E-state index contributed by atoms with van der Waals surface area (Å²) in [5.74, 6) is -0.458. The Hall–Kier alpha value is -1.43. The molecule has 0 aromatic carbocycles. The molecule has 0 aromatic heterocycles. The molecule has 0 heterocycles. The van der Waals surface area contributed by atoms with Crippen molar-refractivity contribution in [3.8, 4) is 0 Å². The zero-order chi connectivity index (χ0) is 15.9. The Morgan fingerprint density at radius 1 is 1.05 bits per heavy atom. The van der Waals surface area contributed by atoms with E-state index in [-0.39, 0.29) is 17.7 Å². The normalized spacial score (nSPS) is 15.6. The lowest BCUT2D eigenvalue weighted by molar-refractivity contribution is -0.130. The predicted molar refractivity (Wildman–Crippen MR) is 77.9 cm³/mol. The van der Waals surface area contributed by atoms with Crippen LogP contribution in [0.2, 0.25) is 0 Å². The summed E-state index contributed by atoms with van der Waals surface area (Å²) in [4.78, 5) is 34.5. The number of hydrogen-bond donors (Lipinski definition) is 3. The van der Waals surface area contributed by atoms with E-state index in [0.717, 1.165) is 0 Å². The number of aldehydes is 1. The smallest absolute Gasteiger partial charge is 0.242 e. The molecule has 0 saturated carbocycles. The molecule has 6 nitrogen and oxygen atoms in total. The standard InChI is InChI=1S/C14H27N3O3/c1-8(2)6-11(7-18)17-13(19)10(5)16-14(20)12(15)9(3)4/h7-12H,6,15H2,1-5H3,(H,16,20)(H,17,19)/t10-,11-,12-/m0/s1. The third kappa shape index (κ3) is 6.65. The molecule has 116 valence electrons. The van der Waals surface area contributed by atoms with Crippen molar-refractivity contribution in [2.24, 2.45) is 17.6 Å². The maximum atomic E-state index is 11.9. The largest absolute Gasteiger partial charge is 0.345 e. The van der Waals surface area contributed by atoms with E-state index < -0.39 is 18.1 Å². The Morgan fingerprint density at radius 3 is 2.00 bits per heavy atom. The number of nitrogens with one attached hydrogen (secondary N) is 2. The Balaban J connectivity index is 4.40. The van der Waals surface area contributed by atoms with Crippen LogP contribution in [0, 0.1) is 11.8 Å². The summed E-state index contributed by atoms with van der Waals surface area (Å²) in [6.07, 6.45) is 1.29. The van der Waals surface area contributed by atoms with Crippen LogP contribution in [0.5, 0.6) is 0 Å². The van der Waals surface area contributed by atoms with Crippen LogP contribution in [0.3, 0.4) is 0 Å². The van der Waals surface area contributed by atoms with Crippen molar-refractivity contribution in [3.05, 3.63) is 0 Å². The van der Waals surface area contributed by atoms with E-state index in [9.17, 15) is 14.4 Å². The number of rotatable bonds is 8. The molecule has 0 rings (SSSR count). The number of carbonyl (C=O) groups is 3. The van der Waals surface area contributed by atoms with Gasteiger partial charge in [0, 0.05) is 0 Å². The Bertz CT molecular complexity index is 343. The molecule has 2 amide bonds. The molecule has 0 fully saturated rings. The van der Waals surface area contributed by atoms with Crippen LogP contribution in [0.1, 0.15) is 41.0 Å². The quantitative estimate of drug-likeness (QED) is 0.555. The Labute approximate surface area is 120 Å². The Kier molecular flexibility index (Phi) is 8.06. The van der Waals surface area contributed by atoms with Crippen LogP contribution in [0.15, 0.2) is 0 Å². The number of hydrogen-bond acceptors (Lipinski definition) is 4. The van der Waals surface area contributed by atoms with Crippen molar-refractivity contribution < 1.29 is 14.4 Å². The van der Waals surface area contributed by atoms with Crippen LogP contribution < -0.4 is 16.4 Å². The number of nitrogens with two attached hydrogens (primary N) is 1. The van der Waals surface area contributed by atoms with Crippen molar-refractivity contribution in [2.75, 3.05) is 0 Å². The fraction of sp³-hybridized carbons (Fsp3) is 0.786. The van der Waals surface area contributed by atoms with Gasteiger partial charge in [-0.1, -0.05) is 27.7 Å². The molecule has 0 aliphatic carbocycles. The van der Waals surface area contributed by atoms with Crippen molar-refractivity contribution in [3.63, 3.8) is 0 Å². The molecule has 0 spiro atoms. The Morgan fingerprint density at radius 2 is 1.60 bits per heavy atom. The van der Waals surface area contributed by atoms with E-state index in [1.54, 1.807) is 6.92 Å². The highest BCUT2D eigenvalue weighted by Crippen LogP contribution is 2.03. The van der Waals surface area contributed by atoms with Crippen LogP contribution in [0.25, 0.3) is 0 Å². The fourth-order valence-corrected chi connectivity index (χ4v) is 1.64. The minimum absolute atomic E-state index is 0.00562. The molecule has 20 heavy (non-hydrogen) atoms. The lowest BCUT2D eigenvalue weighted by Gasteiger charge is -2.21. The van der Waals surface area contributed by atoms with Gasteiger partial charge < -0.3 is 21.2 Å². The highest BCUT2D eigenvalue weighted by molar-refractivity contribution is 5.90. The first kappa shape index (κ1) is 18.6. The zero-order valence-corrected chi connectivity index (χ0v) is 13.0. The van der Waals surface area contributed by atoms with Gasteiger partial charge in [-0.05, 0) is 25.2 Å². The highest BCUT2D eigenvalue weighted by atomic mass is 16.2. The van der Waals surface area contributed by atoms with Crippen molar-refractivity contribution in [1.82, 2.24) is 10.6 Å². The van der Waals surface area contributed by atoms with E-state index in [0.29, 0.717) is 18.6 Å². The first-order valence-electron chi connectivity index (χ1n) is 7.00. The minimum atomic E-state index is -0.720. The van der Waals surface area contributed by atoms with E-state index in [4.69, 9.17) is 5.73 Å². The fourth-order valence-electron chi connectivity index (χ4n) is 1.64. The lowest BCUT2D eigenvalue weighted by atomic mass is 10.0. The third-order valence-electron chi connectivity index (χ3n) is 2.99. The van der Waals surface area contributed by atoms with Crippen LogP contribution >= 0.6 is 0 Å². The predicted octanol–water partition coefficient (Wildman–Crippen LogP) is 0.204. The average molecular weight is 285 g/mol. The zero-order valence-electron chi connectivity index (χ0n) is 13.0. The second-order valence-corrected chi connectivity index (χ2v) is 5.88. The van der Waals surface area contributed by atoms with Gasteiger partial charge in [-0.3, -0.25) is 9.59 Å². The maximum Gasteiger partial charge on any atom is 0.242 e. The van der Waals surface area contributed by atoms with Gasteiger partial charge in [0.2, 0.25) is 11.8 Å². The van der Waals surface area contributed by atoms with Crippen LogP contribution in [-0.2, 0) is 14.4 Å². The van der Waals surface area contributed by atoms with Gasteiger partial charge in [-0.2, -0.15) is 0 Å². The first-order valence-corrected chi connectivity index (χ1v) is 7.00. The third-order valence-corrected chi connectivity index (χ3v) is 2.99. The number of carbonyl (C=O) groups excluding carboxylic acids is 3. The summed E-state index contributed by atoms with van der Waals surface area (Å²) in [6, 6.07) is -1.90. The van der Waals surface area contributed by atoms with Gasteiger partial charge in [-0.15, -0.1) is 0 Å². The minimum Gasteiger partial charge on any atom is -0.345 e. The highest BCUT2D eigenvalue weighted by Gasteiger charge is 2.23. The van der Waals surface area contributed by atoms with Crippen molar-refractivity contribution in [1.29, 1.82) is 0 Å². The second kappa shape index (κ2) is 8.68. The second-order valence-electron chi connectivity index (χ2n) is 5.88. The molecule has 6 heteroatoms. The van der Waals surface area contributed by atoms with Crippen LogP contribution in [0.4, 0.5) is 0 Å². The molecular formula is C14H27N3O3. The molecule has 0 aromatic rings. The van der Waals surface area contributed by atoms with Crippen molar-refractivity contribution >= 4 is 18.1 Å². The van der Waals surface area contributed by atoms with Gasteiger partial charge in [-0.25, -0.2) is 0 Å². The monoisotopic (exact) mass is 285 g/mol. The van der Waals surface area contributed by atoms with E-state index in [2.05, 4.69) is 10.6 Å². The van der Waals surface area contributed by atoms with E-state index in [1.807, 2.05) is 27.7 Å². The van der Waals surface area contributed by atoms with E-state index in [1.165, 1.54) is 0 Å². The lowest BCUT2D eigenvalue weighted by Crippen LogP contribution is -2.53. The first-order chi connectivity index (χ1) is 9.18. The molecule has 3 atom stereocenters.